The fourth-order valence-corrected chi connectivity index (χ4v) is 2.53. The quantitative estimate of drug-likeness (QED) is 0.764. The third kappa shape index (κ3) is 3.27. The molecule has 0 aliphatic rings. The van der Waals surface area contributed by atoms with Gasteiger partial charge in [0.2, 0.25) is 0 Å². The van der Waals surface area contributed by atoms with E-state index in [1.165, 1.54) is 18.2 Å². The third-order valence-electron chi connectivity index (χ3n) is 3.76. The van der Waals surface area contributed by atoms with Gasteiger partial charge in [-0.1, -0.05) is 6.07 Å². The lowest BCUT2D eigenvalue weighted by Gasteiger charge is -2.09. The highest BCUT2D eigenvalue weighted by molar-refractivity contribution is 5.58. The largest absolute Gasteiger partial charge is 0.379 e. The van der Waals surface area contributed by atoms with Crippen molar-refractivity contribution in [2.75, 3.05) is 5.32 Å². The van der Waals surface area contributed by atoms with Crippen molar-refractivity contribution in [1.82, 2.24) is 14.8 Å². The number of hydrogen-bond acceptors (Lipinski definition) is 3. The number of anilines is 1. The fourth-order valence-electron chi connectivity index (χ4n) is 2.53. The fraction of sp³-hybridized carbons (Fsp3) is 0.222. The molecule has 1 N–H and O–H groups in total. The average Bonchev–Trinajstić information content (AvgIpc) is 2.96. The summed E-state index contributed by atoms with van der Waals surface area (Å²) in [6.45, 7) is 4.78. The van der Waals surface area contributed by atoms with E-state index in [4.69, 9.17) is 0 Å². The minimum absolute atomic E-state index is 0.0151. The van der Waals surface area contributed by atoms with Crippen LogP contribution >= 0.6 is 0 Å². The predicted octanol–water partition coefficient (Wildman–Crippen LogP) is 4.16. The first-order valence-corrected chi connectivity index (χ1v) is 7.76. The van der Waals surface area contributed by atoms with E-state index in [1.54, 1.807) is 6.20 Å². The maximum Gasteiger partial charge on any atom is 0.131 e. The predicted molar refractivity (Wildman–Crippen MR) is 89.6 cm³/mol. The zero-order valence-electron chi connectivity index (χ0n) is 13.6. The first-order valence-electron chi connectivity index (χ1n) is 7.76. The topological polar surface area (TPSA) is 42.7 Å². The molecule has 2 aromatic heterocycles. The van der Waals surface area contributed by atoms with Crippen molar-refractivity contribution < 1.29 is 8.78 Å². The number of aromatic nitrogens is 3. The molecule has 2 heterocycles. The van der Waals surface area contributed by atoms with E-state index >= 15 is 0 Å². The van der Waals surface area contributed by atoms with Gasteiger partial charge in [0.15, 0.2) is 0 Å². The Labute approximate surface area is 139 Å². The summed E-state index contributed by atoms with van der Waals surface area (Å²) in [5, 5.41) is 7.39. The number of benzene rings is 1. The van der Waals surface area contributed by atoms with Crippen molar-refractivity contribution in [3.63, 3.8) is 0 Å². The van der Waals surface area contributed by atoms with Crippen LogP contribution in [-0.4, -0.2) is 14.8 Å². The van der Waals surface area contributed by atoms with E-state index in [9.17, 15) is 8.78 Å². The molecule has 0 spiro atoms. The number of pyridine rings is 1. The lowest BCUT2D eigenvalue weighted by Crippen LogP contribution is -2.05. The maximum atomic E-state index is 13.6. The van der Waals surface area contributed by atoms with Crippen molar-refractivity contribution in [2.24, 2.45) is 0 Å². The lowest BCUT2D eigenvalue weighted by atomic mass is 10.2. The second kappa shape index (κ2) is 6.78. The van der Waals surface area contributed by atoms with Crippen molar-refractivity contribution >= 4 is 5.69 Å². The summed E-state index contributed by atoms with van der Waals surface area (Å²) in [7, 11) is 0. The van der Waals surface area contributed by atoms with Gasteiger partial charge >= 0.3 is 0 Å². The number of nitrogens with zero attached hydrogens (tertiary/aromatic N) is 3. The monoisotopic (exact) mass is 328 g/mol. The summed E-state index contributed by atoms with van der Waals surface area (Å²) in [6, 6.07) is 9.52. The van der Waals surface area contributed by atoms with Gasteiger partial charge in [0.25, 0.3) is 0 Å². The van der Waals surface area contributed by atoms with E-state index in [0.717, 1.165) is 23.6 Å². The zero-order valence-corrected chi connectivity index (χ0v) is 13.6. The van der Waals surface area contributed by atoms with Crippen LogP contribution in [0.5, 0.6) is 0 Å². The van der Waals surface area contributed by atoms with Gasteiger partial charge in [0.1, 0.15) is 11.6 Å². The highest BCUT2D eigenvalue weighted by Gasteiger charge is 2.10. The normalized spacial score (nSPS) is 10.8. The van der Waals surface area contributed by atoms with Crippen LogP contribution < -0.4 is 5.32 Å². The summed E-state index contributed by atoms with van der Waals surface area (Å²) in [5.41, 5.74) is 3.40. The van der Waals surface area contributed by atoms with Gasteiger partial charge in [-0.25, -0.2) is 8.78 Å². The van der Waals surface area contributed by atoms with E-state index in [0.29, 0.717) is 5.69 Å². The molecule has 0 atom stereocenters. The van der Waals surface area contributed by atoms with E-state index in [-0.39, 0.29) is 12.1 Å². The van der Waals surface area contributed by atoms with Gasteiger partial charge < -0.3 is 5.32 Å². The molecule has 0 saturated heterocycles. The summed E-state index contributed by atoms with van der Waals surface area (Å²) in [4.78, 5) is 4.42. The van der Waals surface area contributed by atoms with Gasteiger partial charge in [-0.15, -0.1) is 0 Å². The van der Waals surface area contributed by atoms with Gasteiger partial charge in [0, 0.05) is 18.7 Å². The molecule has 3 aromatic rings. The first-order chi connectivity index (χ1) is 11.6. The smallest absolute Gasteiger partial charge is 0.131 e. The Morgan fingerprint density at radius 1 is 1.12 bits per heavy atom. The number of hydrogen-bond donors (Lipinski definition) is 1. The molecule has 124 valence electrons. The van der Waals surface area contributed by atoms with E-state index < -0.39 is 11.6 Å². The zero-order chi connectivity index (χ0) is 17.1. The molecular formula is C18H18F2N4. The molecule has 0 amide bonds. The Morgan fingerprint density at radius 3 is 2.50 bits per heavy atom. The Morgan fingerprint density at radius 2 is 1.88 bits per heavy atom. The van der Waals surface area contributed by atoms with Crippen LogP contribution in [0, 0.1) is 18.6 Å². The molecule has 0 saturated carbocycles. The summed E-state index contributed by atoms with van der Waals surface area (Å²) < 4.78 is 29.1. The maximum absolute atomic E-state index is 13.6. The van der Waals surface area contributed by atoms with E-state index in [1.807, 2.05) is 36.7 Å². The summed E-state index contributed by atoms with van der Waals surface area (Å²) >= 11 is 0. The van der Waals surface area contributed by atoms with Crippen molar-refractivity contribution in [3.05, 3.63) is 65.5 Å². The van der Waals surface area contributed by atoms with Gasteiger partial charge in [-0.05, 0) is 44.2 Å². The minimum Gasteiger partial charge on any atom is -0.379 e. The molecule has 0 fully saturated rings. The molecule has 6 heteroatoms. The summed E-state index contributed by atoms with van der Waals surface area (Å²) in [6.07, 6.45) is 1.65. The number of nitrogens with one attached hydrogen (secondary N) is 1. The van der Waals surface area contributed by atoms with Crippen LogP contribution in [0.3, 0.4) is 0 Å². The molecular weight excluding hydrogens is 310 g/mol. The van der Waals surface area contributed by atoms with Gasteiger partial charge in [0.05, 0.1) is 29.0 Å². The second-order valence-electron chi connectivity index (χ2n) is 5.47. The van der Waals surface area contributed by atoms with Gasteiger partial charge in [-0.3, -0.25) is 9.67 Å². The summed E-state index contributed by atoms with van der Waals surface area (Å²) in [5.74, 6) is -1.12. The molecule has 1 aromatic carbocycles. The van der Waals surface area contributed by atoms with Crippen LogP contribution in [0.1, 0.15) is 18.2 Å². The molecule has 0 aliphatic heterocycles. The minimum atomic E-state index is -0.561. The van der Waals surface area contributed by atoms with Crippen LogP contribution in [-0.2, 0) is 13.1 Å². The molecule has 24 heavy (non-hydrogen) atoms. The third-order valence-corrected chi connectivity index (χ3v) is 3.76. The van der Waals surface area contributed by atoms with Gasteiger partial charge in [-0.2, -0.15) is 5.10 Å². The Balaban J connectivity index is 1.75. The van der Waals surface area contributed by atoms with Crippen molar-refractivity contribution in [1.29, 1.82) is 0 Å². The number of aryl methyl sites for hydroxylation is 2. The molecule has 0 bridgehead atoms. The Hall–Kier alpha value is -2.76. The Bertz CT molecular complexity index is 820. The SMILES string of the molecule is CCn1nc(C)cc1-c1ccc(NCc2c(F)cccc2F)cn1. The highest BCUT2D eigenvalue weighted by Crippen LogP contribution is 2.20. The van der Waals surface area contributed by atoms with E-state index in [2.05, 4.69) is 15.4 Å². The standard InChI is InChI=1S/C18H18F2N4/c1-3-24-18(9-12(2)23-24)17-8-7-13(10-22-17)21-11-14-15(19)5-4-6-16(14)20/h4-10,21H,3,11H2,1-2H3. The van der Waals surface area contributed by atoms with Crippen LogP contribution in [0.25, 0.3) is 11.4 Å². The van der Waals surface area contributed by atoms with Crippen LogP contribution in [0.2, 0.25) is 0 Å². The second-order valence-corrected chi connectivity index (χ2v) is 5.47. The average molecular weight is 328 g/mol. The van der Waals surface area contributed by atoms with Crippen molar-refractivity contribution in [2.45, 2.75) is 26.9 Å². The number of halogens is 2. The lowest BCUT2D eigenvalue weighted by molar-refractivity contribution is 0.560. The molecule has 3 rings (SSSR count). The number of rotatable bonds is 5. The highest BCUT2D eigenvalue weighted by atomic mass is 19.1. The molecule has 0 unspecified atom stereocenters. The molecule has 0 aliphatic carbocycles. The molecule has 0 radical (unpaired) electrons. The van der Waals surface area contributed by atoms with Crippen LogP contribution in [0.15, 0.2) is 42.6 Å². The van der Waals surface area contributed by atoms with Crippen LogP contribution in [0.4, 0.5) is 14.5 Å². The van der Waals surface area contributed by atoms with Crippen molar-refractivity contribution in [3.8, 4) is 11.4 Å². The molecule has 4 nitrogen and oxygen atoms in total. The first kappa shape index (κ1) is 16.1. The Kier molecular flexibility index (Phi) is 4.55.